The van der Waals surface area contributed by atoms with Crippen molar-refractivity contribution in [1.82, 2.24) is 9.99 Å². The van der Waals surface area contributed by atoms with Crippen LogP contribution in [0.1, 0.15) is 5.56 Å². The van der Waals surface area contributed by atoms with Gasteiger partial charge in [0.1, 0.15) is 5.71 Å². The molecule has 0 saturated heterocycles. The molecule has 1 aliphatic heterocycles. The van der Waals surface area contributed by atoms with E-state index in [9.17, 15) is 9.90 Å². The minimum Gasteiger partial charge on any atom is -0.398 e. The van der Waals surface area contributed by atoms with Crippen LogP contribution in [0, 0.1) is 0 Å². The van der Waals surface area contributed by atoms with Crippen molar-refractivity contribution in [2.45, 2.75) is 12.1 Å². The number of pyridine rings is 1. The Bertz CT molecular complexity index is 705. The first-order valence-electron chi connectivity index (χ1n) is 6.43. The van der Waals surface area contributed by atoms with Crippen LogP contribution in [0.3, 0.4) is 0 Å². The van der Waals surface area contributed by atoms with Crippen molar-refractivity contribution in [3.63, 3.8) is 0 Å². The zero-order chi connectivity index (χ0) is 15.0. The second-order valence-electron chi connectivity index (χ2n) is 4.80. The molecule has 6 nitrogen and oxygen atoms in total. The number of hydrazone groups is 1. The van der Waals surface area contributed by atoms with E-state index in [2.05, 4.69) is 16.7 Å². The molecule has 0 saturated carbocycles. The average Bonchev–Trinajstić information content (AvgIpc) is 2.77. The molecule has 1 aliphatic carbocycles. The first-order valence-corrected chi connectivity index (χ1v) is 6.43. The third kappa shape index (κ3) is 2.15. The number of aliphatic hydroxyl groups is 1. The number of anilines is 1. The van der Waals surface area contributed by atoms with E-state index in [1.54, 1.807) is 18.2 Å². The molecule has 6 heteroatoms. The molecule has 3 rings (SSSR count). The monoisotopic (exact) mass is 282 g/mol. The van der Waals surface area contributed by atoms with Gasteiger partial charge in [-0.3, -0.25) is 9.78 Å². The number of nitrogens with zero attached hydrogens (tertiary/aromatic N) is 3. The van der Waals surface area contributed by atoms with E-state index < -0.39 is 18.1 Å². The molecule has 2 aliphatic rings. The lowest BCUT2D eigenvalue weighted by molar-refractivity contribution is -0.135. The van der Waals surface area contributed by atoms with Crippen LogP contribution in [0.4, 0.5) is 5.69 Å². The van der Waals surface area contributed by atoms with Crippen LogP contribution in [-0.4, -0.2) is 38.9 Å². The standard InChI is InChI=1S/C15H14N4O2/c1-9-4-2-3-5-12(9)19-15(21)14(20)13(18-19)10-8-17-7-6-11(10)16/h2-8,12,14,20H,1H2,(H2,16,17). The average molecular weight is 282 g/mol. The number of carbonyl (C=O) groups is 1. The number of hydrogen-bond acceptors (Lipinski definition) is 5. The van der Waals surface area contributed by atoms with Gasteiger partial charge in [0, 0.05) is 23.6 Å². The highest BCUT2D eigenvalue weighted by atomic mass is 16.3. The third-order valence-electron chi connectivity index (χ3n) is 3.42. The molecule has 1 aromatic heterocycles. The maximum atomic E-state index is 12.2. The number of allylic oxidation sites excluding steroid dienone is 2. The molecule has 0 bridgehead atoms. The van der Waals surface area contributed by atoms with Crippen LogP contribution in [-0.2, 0) is 4.79 Å². The Morgan fingerprint density at radius 2 is 2.19 bits per heavy atom. The zero-order valence-corrected chi connectivity index (χ0v) is 11.2. The number of aliphatic hydroxyl groups excluding tert-OH is 1. The Labute approximate surface area is 121 Å². The molecule has 1 amide bonds. The van der Waals surface area contributed by atoms with Gasteiger partial charge in [-0.05, 0) is 11.6 Å². The molecule has 0 fully saturated rings. The summed E-state index contributed by atoms with van der Waals surface area (Å²) in [5.74, 6) is -0.501. The summed E-state index contributed by atoms with van der Waals surface area (Å²) in [6.07, 6.45) is 8.92. The molecular weight excluding hydrogens is 268 g/mol. The van der Waals surface area contributed by atoms with E-state index in [1.807, 2.05) is 12.2 Å². The fraction of sp³-hybridized carbons (Fsp3) is 0.133. The fourth-order valence-corrected chi connectivity index (χ4v) is 2.29. The summed E-state index contributed by atoms with van der Waals surface area (Å²) in [7, 11) is 0. The summed E-state index contributed by atoms with van der Waals surface area (Å²) in [6, 6.07) is 1.20. The van der Waals surface area contributed by atoms with E-state index in [4.69, 9.17) is 5.73 Å². The van der Waals surface area contributed by atoms with Gasteiger partial charge in [0.25, 0.3) is 5.91 Å². The van der Waals surface area contributed by atoms with Crippen LogP contribution in [0.5, 0.6) is 0 Å². The van der Waals surface area contributed by atoms with Gasteiger partial charge in [-0.25, -0.2) is 5.01 Å². The van der Waals surface area contributed by atoms with Crippen LogP contribution in [0.2, 0.25) is 0 Å². The van der Waals surface area contributed by atoms with Crippen molar-refractivity contribution in [3.8, 4) is 0 Å². The summed E-state index contributed by atoms with van der Waals surface area (Å²) in [5, 5.41) is 15.6. The lowest BCUT2D eigenvalue weighted by atomic mass is 10.0. The normalized spacial score (nSPS) is 24.6. The van der Waals surface area contributed by atoms with Crippen molar-refractivity contribution >= 4 is 17.3 Å². The minimum absolute atomic E-state index is 0.210. The van der Waals surface area contributed by atoms with Gasteiger partial charge >= 0.3 is 0 Å². The molecule has 3 N–H and O–H groups in total. The molecule has 106 valence electrons. The van der Waals surface area contributed by atoms with Crippen molar-refractivity contribution < 1.29 is 9.90 Å². The van der Waals surface area contributed by atoms with Crippen molar-refractivity contribution in [2.75, 3.05) is 5.73 Å². The van der Waals surface area contributed by atoms with Crippen LogP contribution in [0.15, 0.2) is 60.0 Å². The molecule has 2 heterocycles. The number of rotatable bonds is 2. The summed E-state index contributed by atoms with van der Waals surface area (Å²) in [5.41, 5.74) is 7.66. The third-order valence-corrected chi connectivity index (χ3v) is 3.42. The Balaban J connectivity index is 2.00. The minimum atomic E-state index is -1.34. The lowest BCUT2D eigenvalue weighted by Crippen LogP contribution is -2.38. The van der Waals surface area contributed by atoms with Gasteiger partial charge in [0.15, 0.2) is 6.10 Å². The second-order valence-corrected chi connectivity index (χ2v) is 4.80. The maximum Gasteiger partial charge on any atom is 0.278 e. The van der Waals surface area contributed by atoms with Crippen molar-refractivity contribution in [3.05, 3.63) is 60.5 Å². The molecule has 2 unspecified atom stereocenters. The van der Waals surface area contributed by atoms with E-state index in [0.717, 1.165) is 5.57 Å². The fourth-order valence-electron chi connectivity index (χ4n) is 2.29. The van der Waals surface area contributed by atoms with Crippen molar-refractivity contribution in [1.29, 1.82) is 0 Å². The Morgan fingerprint density at radius 3 is 2.90 bits per heavy atom. The molecule has 0 spiro atoms. The first-order chi connectivity index (χ1) is 10.1. The highest BCUT2D eigenvalue weighted by Crippen LogP contribution is 2.25. The molecular formula is C15H14N4O2. The van der Waals surface area contributed by atoms with Gasteiger partial charge in [-0.1, -0.05) is 30.9 Å². The number of nitrogens with two attached hydrogens (primary N) is 1. The predicted molar refractivity (Wildman–Crippen MR) is 79.2 cm³/mol. The molecule has 0 aromatic carbocycles. The summed E-state index contributed by atoms with van der Waals surface area (Å²) in [6.45, 7) is 3.90. The number of hydrogen-bond donors (Lipinski definition) is 2. The van der Waals surface area contributed by atoms with E-state index in [1.165, 1.54) is 17.4 Å². The van der Waals surface area contributed by atoms with Gasteiger partial charge in [-0.2, -0.15) is 5.10 Å². The number of aromatic nitrogens is 1. The topological polar surface area (TPSA) is 91.8 Å². The summed E-state index contributed by atoms with van der Waals surface area (Å²) < 4.78 is 0. The second kappa shape index (κ2) is 4.99. The van der Waals surface area contributed by atoms with E-state index >= 15 is 0 Å². The first kappa shape index (κ1) is 13.3. The zero-order valence-electron chi connectivity index (χ0n) is 11.2. The molecule has 2 atom stereocenters. The predicted octanol–water partition coefficient (Wildman–Crippen LogP) is 0.622. The highest BCUT2D eigenvalue weighted by Gasteiger charge is 2.39. The van der Waals surface area contributed by atoms with Crippen LogP contribution in [0.25, 0.3) is 0 Å². The van der Waals surface area contributed by atoms with Crippen LogP contribution < -0.4 is 5.73 Å². The molecule has 21 heavy (non-hydrogen) atoms. The number of carbonyl (C=O) groups excluding carboxylic acids is 1. The number of amides is 1. The molecule has 0 radical (unpaired) electrons. The quantitative estimate of drug-likeness (QED) is 0.832. The maximum absolute atomic E-state index is 12.2. The van der Waals surface area contributed by atoms with Gasteiger partial charge in [0.2, 0.25) is 0 Å². The van der Waals surface area contributed by atoms with Crippen LogP contribution >= 0.6 is 0 Å². The van der Waals surface area contributed by atoms with E-state index in [0.29, 0.717) is 11.3 Å². The summed E-state index contributed by atoms with van der Waals surface area (Å²) in [4.78, 5) is 16.2. The van der Waals surface area contributed by atoms with Crippen molar-refractivity contribution in [2.24, 2.45) is 5.10 Å². The van der Waals surface area contributed by atoms with Gasteiger partial charge in [0.05, 0.1) is 6.04 Å². The highest BCUT2D eigenvalue weighted by molar-refractivity contribution is 6.20. The summed E-state index contributed by atoms with van der Waals surface area (Å²) >= 11 is 0. The number of nitrogen functional groups attached to an aromatic ring is 1. The smallest absolute Gasteiger partial charge is 0.278 e. The molecule has 1 aromatic rings. The lowest BCUT2D eigenvalue weighted by Gasteiger charge is -2.23. The van der Waals surface area contributed by atoms with E-state index in [-0.39, 0.29) is 5.71 Å². The largest absolute Gasteiger partial charge is 0.398 e. The Morgan fingerprint density at radius 1 is 1.38 bits per heavy atom. The SMILES string of the molecule is C=C1C=CC=CC1N1N=C(c2cnccc2N)C(O)C1=O. The van der Waals surface area contributed by atoms with Gasteiger partial charge in [-0.15, -0.1) is 0 Å². The Hall–Kier alpha value is -2.73. The Kier molecular flexibility index (Phi) is 3.15. The van der Waals surface area contributed by atoms with Gasteiger partial charge < -0.3 is 10.8 Å².